The Labute approximate surface area is 208 Å². The molecule has 11 heteroatoms. The van der Waals surface area contributed by atoms with Crippen LogP contribution < -0.4 is 25.8 Å². The van der Waals surface area contributed by atoms with Crippen molar-refractivity contribution in [3.63, 3.8) is 0 Å². The molecule has 36 heavy (non-hydrogen) atoms. The molecule has 4 aliphatic heterocycles. The molecule has 0 aromatic carbocycles. The van der Waals surface area contributed by atoms with Gasteiger partial charge in [0.1, 0.15) is 17.1 Å². The number of pyridine rings is 1. The summed E-state index contributed by atoms with van der Waals surface area (Å²) < 4.78 is 14.9. The molecule has 2 amide bonds. The van der Waals surface area contributed by atoms with E-state index in [-0.39, 0.29) is 29.6 Å². The fourth-order valence-corrected chi connectivity index (χ4v) is 6.54. The molecule has 0 unspecified atom stereocenters. The summed E-state index contributed by atoms with van der Waals surface area (Å²) in [4.78, 5) is 43.8. The van der Waals surface area contributed by atoms with Gasteiger partial charge in [0.2, 0.25) is 17.8 Å². The van der Waals surface area contributed by atoms with Gasteiger partial charge in [0, 0.05) is 68.4 Å². The highest BCUT2D eigenvalue weighted by molar-refractivity contribution is 6.14. The van der Waals surface area contributed by atoms with E-state index in [2.05, 4.69) is 30.9 Å². The molecule has 0 radical (unpaired) electrons. The van der Waals surface area contributed by atoms with Gasteiger partial charge in [-0.1, -0.05) is 12.8 Å². The largest absolute Gasteiger partial charge is 0.366 e. The van der Waals surface area contributed by atoms with Crippen LogP contribution in [0.5, 0.6) is 0 Å². The summed E-state index contributed by atoms with van der Waals surface area (Å²) in [7, 11) is 0. The SMILES string of the molecule is O=C1NCC[C@@]12Cc1cnc(Nc3cc(F)c(N4CC5(CNC5)C4)cn3)nc1N(C1CCCC1)C2=O. The summed E-state index contributed by atoms with van der Waals surface area (Å²) >= 11 is 0. The molecule has 1 saturated carbocycles. The lowest BCUT2D eigenvalue weighted by Crippen LogP contribution is -2.71. The number of carbonyl (C=O) groups excluding carboxylic acids is 2. The number of carbonyl (C=O) groups is 2. The van der Waals surface area contributed by atoms with E-state index < -0.39 is 5.41 Å². The summed E-state index contributed by atoms with van der Waals surface area (Å²) in [6.45, 7) is 4.15. The van der Waals surface area contributed by atoms with E-state index in [0.717, 1.165) is 57.4 Å². The van der Waals surface area contributed by atoms with Crippen molar-refractivity contribution in [1.29, 1.82) is 0 Å². The monoisotopic (exact) mass is 492 g/mol. The molecule has 0 bridgehead atoms. The van der Waals surface area contributed by atoms with Gasteiger partial charge in [-0.05, 0) is 19.3 Å². The van der Waals surface area contributed by atoms with E-state index in [4.69, 9.17) is 0 Å². The zero-order valence-electron chi connectivity index (χ0n) is 20.0. The number of hydrogen-bond acceptors (Lipinski definition) is 8. The second-order valence-corrected chi connectivity index (χ2v) is 11.0. The highest BCUT2D eigenvalue weighted by Crippen LogP contribution is 2.44. The van der Waals surface area contributed by atoms with Crippen molar-refractivity contribution >= 4 is 35.1 Å². The predicted molar refractivity (Wildman–Crippen MR) is 131 cm³/mol. The molecule has 3 saturated heterocycles. The summed E-state index contributed by atoms with van der Waals surface area (Å²) in [5.41, 5.74) is 0.512. The van der Waals surface area contributed by atoms with Crippen LogP contribution in [0, 0.1) is 16.6 Å². The molecule has 1 atom stereocenters. The van der Waals surface area contributed by atoms with Crippen molar-refractivity contribution in [1.82, 2.24) is 25.6 Å². The van der Waals surface area contributed by atoms with Crippen molar-refractivity contribution in [2.24, 2.45) is 10.8 Å². The van der Waals surface area contributed by atoms with Gasteiger partial charge in [0.05, 0.1) is 11.9 Å². The van der Waals surface area contributed by atoms with Gasteiger partial charge in [-0.2, -0.15) is 4.98 Å². The molecule has 1 aliphatic carbocycles. The van der Waals surface area contributed by atoms with Gasteiger partial charge in [-0.25, -0.2) is 14.4 Å². The van der Waals surface area contributed by atoms with Crippen molar-refractivity contribution in [2.75, 3.05) is 47.8 Å². The Morgan fingerprint density at radius 1 is 1.11 bits per heavy atom. The lowest BCUT2D eigenvalue weighted by atomic mass is 9.74. The molecule has 188 valence electrons. The highest BCUT2D eigenvalue weighted by Gasteiger charge is 2.56. The van der Waals surface area contributed by atoms with Gasteiger partial charge < -0.3 is 20.9 Å². The zero-order chi connectivity index (χ0) is 24.5. The van der Waals surface area contributed by atoms with Crippen molar-refractivity contribution in [3.8, 4) is 0 Å². The Morgan fingerprint density at radius 2 is 1.92 bits per heavy atom. The number of nitrogens with zero attached hydrogens (tertiary/aromatic N) is 5. The van der Waals surface area contributed by atoms with E-state index in [1.54, 1.807) is 17.3 Å². The second-order valence-electron chi connectivity index (χ2n) is 11.0. The first-order chi connectivity index (χ1) is 17.5. The zero-order valence-corrected chi connectivity index (χ0v) is 20.0. The molecule has 2 aromatic heterocycles. The third kappa shape index (κ3) is 3.21. The first-order valence-electron chi connectivity index (χ1n) is 12.8. The number of amides is 2. The summed E-state index contributed by atoms with van der Waals surface area (Å²) in [5.74, 6) is 0.391. The summed E-state index contributed by atoms with van der Waals surface area (Å²) in [6.07, 6.45) is 7.87. The Hall–Kier alpha value is -3.34. The van der Waals surface area contributed by atoms with Crippen molar-refractivity contribution in [3.05, 3.63) is 29.8 Å². The number of halogens is 1. The minimum absolute atomic E-state index is 0.0186. The Kier molecular flexibility index (Phi) is 4.76. The fourth-order valence-electron chi connectivity index (χ4n) is 6.54. The average Bonchev–Trinajstić information content (AvgIpc) is 3.45. The normalized spacial score (nSPS) is 26.7. The van der Waals surface area contributed by atoms with Crippen molar-refractivity contribution < 1.29 is 14.0 Å². The molecule has 2 aromatic rings. The van der Waals surface area contributed by atoms with Crippen LogP contribution in [0.15, 0.2) is 18.5 Å². The molecule has 6 heterocycles. The maximum atomic E-state index is 14.9. The highest BCUT2D eigenvalue weighted by atomic mass is 19.1. The van der Waals surface area contributed by atoms with Gasteiger partial charge >= 0.3 is 0 Å². The molecule has 3 N–H and O–H groups in total. The van der Waals surface area contributed by atoms with Crippen LogP contribution in [-0.4, -0.2) is 65.5 Å². The van der Waals surface area contributed by atoms with E-state index in [0.29, 0.717) is 42.1 Å². The van der Waals surface area contributed by atoms with Crippen LogP contribution in [0.3, 0.4) is 0 Å². The maximum absolute atomic E-state index is 14.9. The van der Waals surface area contributed by atoms with Gasteiger partial charge in [0.25, 0.3) is 0 Å². The molecular formula is C25H29FN8O2. The minimum Gasteiger partial charge on any atom is -0.366 e. The Morgan fingerprint density at radius 3 is 2.58 bits per heavy atom. The quantitative estimate of drug-likeness (QED) is 0.550. The molecular weight excluding hydrogens is 463 g/mol. The molecule has 10 nitrogen and oxygen atoms in total. The van der Waals surface area contributed by atoms with Crippen LogP contribution in [-0.2, 0) is 16.0 Å². The second kappa shape index (κ2) is 7.83. The van der Waals surface area contributed by atoms with Gasteiger partial charge in [-0.15, -0.1) is 0 Å². The van der Waals surface area contributed by atoms with Crippen LogP contribution in [0.1, 0.15) is 37.7 Å². The third-order valence-electron chi connectivity index (χ3n) is 8.62. The molecule has 5 aliphatic rings. The third-order valence-corrected chi connectivity index (χ3v) is 8.62. The number of anilines is 4. The molecule has 4 fully saturated rings. The Bertz CT molecular complexity index is 1250. The minimum atomic E-state index is -1.07. The van der Waals surface area contributed by atoms with E-state index in [1.165, 1.54) is 6.07 Å². The predicted octanol–water partition coefficient (Wildman–Crippen LogP) is 1.50. The first kappa shape index (κ1) is 21.9. The van der Waals surface area contributed by atoms with E-state index in [9.17, 15) is 14.0 Å². The first-order valence-corrected chi connectivity index (χ1v) is 12.8. The number of fused-ring (bicyclic) bond motifs is 1. The summed E-state index contributed by atoms with van der Waals surface area (Å²) in [6, 6.07) is 1.38. The van der Waals surface area contributed by atoms with Crippen molar-refractivity contribution in [2.45, 2.75) is 44.6 Å². The molecule has 7 rings (SSSR count). The molecule has 2 spiro atoms. The van der Waals surface area contributed by atoms with Crippen LogP contribution in [0.25, 0.3) is 0 Å². The fraction of sp³-hybridized carbons (Fsp3) is 0.560. The van der Waals surface area contributed by atoms with Gasteiger partial charge in [0.15, 0.2) is 5.82 Å². The number of nitrogens with one attached hydrogen (secondary N) is 3. The van der Waals surface area contributed by atoms with Crippen LogP contribution in [0.4, 0.5) is 27.7 Å². The van der Waals surface area contributed by atoms with E-state index >= 15 is 0 Å². The van der Waals surface area contributed by atoms with Crippen LogP contribution >= 0.6 is 0 Å². The number of rotatable bonds is 4. The van der Waals surface area contributed by atoms with E-state index in [1.807, 2.05) is 4.90 Å². The standard InChI is InChI=1S/C25H29FN8O2/c26-17-7-19(29-10-18(17)33-13-24(14-33)11-27-12-24)31-23-30-9-15-8-25(5-6-28-21(25)35)22(36)34(20(15)32-23)16-3-1-2-4-16/h7,9-10,16,27H,1-6,8,11-14H2,(H,28,35)(H,29,30,31,32)/t25-/m1/s1. The average molecular weight is 493 g/mol. The van der Waals surface area contributed by atoms with Gasteiger partial charge in [-0.3, -0.25) is 14.5 Å². The number of aromatic nitrogens is 3. The lowest BCUT2D eigenvalue weighted by molar-refractivity contribution is -0.140. The maximum Gasteiger partial charge on any atom is 0.244 e. The topological polar surface area (TPSA) is 115 Å². The number of hydrogen-bond donors (Lipinski definition) is 3. The smallest absolute Gasteiger partial charge is 0.244 e. The summed E-state index contributed by atoms with van der Waals surface area (Å²) in [5, 5.41) is 9.14. The lowest BCUT2D eigenvalue weighted by Gasteiger charge is -2.56. The Balaban J connectivity index is 1.16. The van der Waals surface area contributed by atoms with Crippen LogP contribution in [0.2, 0.25) is 0 Å².